The largest absolute Gasteiger partial charge is 0.493 e. The fraction of sp³-hybridized carbons (Fsp3) is 0.333. The van der Waals surface area contributed by atoms with Crippen LogP contribution in [-0.2, 0) is 4.74 Å². The van der Waals surface area contributed by atoms with Gasteiger partial charge in [-0.3, -0.25) is 4.40 Å². The van der Waals surface area contributed by atoms with E-state index in [1.54, 1.807) is 12.5 Å². The minimum atomic E-state index is 0.473. The third-order valence-electron chi connectivity index (χ3n) is 3.86. The lowest BCUT2D eigenvalue weighted by Gasteiger charge is -2.11. The second-order valence-electron chi connectivity index (χ2n) is 5.34. The lowest BCUT2D eigenvalue weighted by Crippen LogP contribution is -2.11. The van der Waals surface area contributed by atoms with Crippen molar-refractivity contribution in [3.05, 3.63) is 30.7 Å². The molecular weight excluding hydrogens is 268 g/mol. The first kappa shape index (κ1) is 12.4. The van der Waals surface area contributed by atoms with Gasteiger partial charge in [-0.2, -0.15) is 0 Å². The topological polar surface area (TPSA) is 74.7 Å². The molecule has 1 aromatic carbocycles. The molecule has 1 fully saturated rings. The molecule has 0 aliphatic carbocycles. The maximum atomic E-state index is 5.96. The van der Waals surface area contributed by atoms with Crippen LogP contribution in [0.4, 0.5) is 5.82 Å². The van der Waals surface area contributed by atoms with Gasteiger partial charge >= 0.3 is 0 Å². The van der Waals surface area contributed by atoms with Crippen molar-refractivity contribution in [2.24, 2.45) is 5.92 Å². The van der Waals surface area contributed by atoms with Gasteiger partial charge in [0.2, 0.25) is 0 Å². The van der Waals surface area contributed by atoms with Crippen LogP contribution in [0.15, 0.2) is 30.7 Å². The predicted octanol–water partition coefficient (Wildman–Crippen LogP) is 1.88. The molecule has 1 aliphatic rings. The summed E-state index contributed by atoms with van der Waals surface area (Å²) in [5.41, 5.74) is 8.55. The fourth-order valence-electron chi connectivity index (χ4n) is 2.68. The summed E-state index contributed by atoms with van der Waals surface area (Å²) in [6.45, 7) is 2.30. The van der Waals surface area contributed by atoms with Gasteiger partial charge < -0.3 is 15.2 Å². The molecular formula is C15H16N4O2. The molecule has 1 unspecified atom stereocenters. The van der Waals surface area contributed by atoms with Crippen LogP contribution in [0.3, 0.4) is 0 Å². The van der Waals surface area contributed by atoms with Crippen LogP contribution < -0.4 is 10.5 Å². The highest BCUT2D eigenvalue weighted by molar-refractivity contribution is 5.84. The van der Waals surface area contributed by atoms with E-state index in [9.17, 15) is 0 Å². The van der Waals surface area contributed by atoms with Crippen molar-refractivity contribution < 1.29 is 9.47 Å². The number of benzene rings is 1. The molecule has 0 radical (unpaired) electrons. The highest BCUT2D eigenvalue weighted by atomic mass is 16.5. The number of rotatable bonds is 3. The Labute approximate surface area is 121 Å². The van der Waals surface area contributed by atoms with Gasteiger partial charge in [0.1, 0.15) is 17.1 Å². The monoisotopic (exact) mass is 284 g/mol. The van der Waals surface area contributed by atoms with Crippen LogP contribution in [0.5, 0.6) is 5.75 Å². The van der Waals surface area contributed by atoms with Gasteiger partial charge in [0.05, 0.1) is 36.8 Å². The number of imidazole rings is 1. The van der Waals surface area contributed by atoms with Gasteiger partial charge in [-0.05, 0) is 18.6 Å². The summed E-state index contributed by atoms with van der Waals surface area (Å²) in [5.74, 6) is 1.76. The lowest BCUT2D eigenvalue weighted by atomic mass is 10.1. The average Bonchev–Trinajstić information content (AvgIpc) is 3.16. The van der Waals surface area contributed by atoms with Gasteiger partial charge in [-0.1, -0.05) is 0 Å². The van der Waals surface area contributed by atoms with E-state index in [0.29, 0.717) is 18.3 Å². The molecule has 6 heteroatoms. The third kappa shape index (κ3) is 2.17. The van der Waals surface area contributed by atoms with Crippen molar-refractivity contribution in [3.63, 3.8) is 0 Å². The second kappa shape index (κ2) is 4.89. The summed E-state index contributed by atoms with van der Waals surface area (Å²) in [6.07, 6.45) is 4.52. The van der Waals surface area contributed by atoms with Crippen molar-refractivity contribution in [2.45, 2.75) is 6.42 Å². The first-order chi connectivity index (χ1) is 10.3. The normalized spacial score (nSPS) is 18.6. The van der Waals surface area contributed by atoms with Gasteiger partial charge in [-0.15, -0.1) is 0 Å². The van der Waals surface area contributed by atoms with Crippen molar-refractivity contribution in [2.75, 3.05) is 25.6 Å². The number of nitrogen functional groups attached to an aromatic ring is 1. The Morgan fingerprint density at radius 3 is 3.19 bits per heavy atom. The molecule has 1 saturated heterocycles. The van der Waals surface area contributed by atoms with Crippen LogP contribution >= 0.6 is 0 Å². The second-order valence-corrected chi connectivity index (χ2v) is 5.34. The minimum absolute atomic E-state index is 0.473. The molecule has 108 valence electrons. The summed E-state index contributed by atoms with van der Waals surface area (Å²) < 4.78 is 13.1. The summed E-state index contributed by atoms with van der Waals surface area (Å²) in [4.78, 5) is 8.55. The van der Waals surface area contributed by atoms with Crippen LogP contribution in [0.25, 0.3) is 16.6 Å². The van der Waals surface area contributed by atoms with E-state index in [1.165, 1.54) is 0 Å². The number of nitrogens with zero attached hydrogens (tertiary/aromatic N) is 3. The average molecular weight is 284 g/mol. The first-order valence-electron chi connectivity index (χ1n) is 7.03. The minimum Gasteiger partial charge on any atom is -0.493 e. The molecule has 3 heterocycles. The number of ether oxygens (including phenoxy) is 2. The summed E-state index contributed by atoms with van der Waals surface area (Å²) in [7, 11) is 0. The number of fused-ring (bicyclic) bond motifs is 3. The Morgan fingerprint density at radius 2 is 2.33 bits per heavy atom. The molecule has 0 spiro atoms. The Morgan fingerprint density at radius 1 is 1.38 bits per heavy atom. The highest BCUT2D eigenvalue weighted by Gasteiger charge is 2.16. The number of hydrogen-bond acceptors (Lipinski definition) is 5. The standard InChI is InChI=1S/C15H16N4O2/c16-15-14-6-17-9-19(14)13-2-1-11(5-12(13)18-15)21-8-10-3-4-20-7-10/h1-2,5-6,9-10H,3-4,7-8H2,(H2,16,18). The van der Waals surface area contributed by atoms with Crippen molar-refractivity contribution in [1.82, 2.24) is 14.4 Å². The maximum Gasteiger partial charge on any atom is 0.150 e. The molecule has 0 saturated carbocycles. The highest BCUT2D eigenvalue weighted by Crippen LogP contribution is 2.24. The SMILES string of the molecule is Nc1nc2cc(OCC3CCOC3)ccc2n2cncc12. The molecule has 4 rings (SSSR count). The zero-order chi connectivity index (χ0) is 14.2. The smallest absolute Gasteiger partial charge is 0.150 e. The summed E-state index contributed by atoms with van der Waals surface area (Å²) in [5, 5.41) is 0. The Hall–Kier alpha value is -2.34. The van der Waals surface area contributed by atoms with E-state index in [2.05, 4.69) is 9.97 Å². The van der Waals surface area contributed by atoms with E-state index in [1.807, 2.05) is 22.6 Å². The summed E-state index contributed by atoms with van der Waals surface area (Å²) in [6, 6.07) is 5.85. The zero-order valence-electron chi connectivity index (χ0n) is 11.5. The number of hydrogen-bond donors (Lipinski definition) is 1. The molecule has 2 N–H and O–H groups in total. The lowest BCUT2D eigenvalue weighted by molar-refractivity contribution is 0.167. The maximum absolute atomic E-state index is 5.96. The zero-order valence-corrected chi connectivity index (χ0v) is 11.5. The number of nitrogens with two attached hydrogens (primary N) is 1. The van der Waals surface area contributed by atoms with Crippen LogP contribution in [0.2, 0.25) is 0 Å². The van der Waals surface area contributed by atoms with E-state index in [-0.39, 0.29) is 0 Å². The van der Waals surface area contributed by atoms with Crippen LogP contribution in [0.1, 0.15) is 6.42 Å². The predicted molar refractivity (Wildman–Crippen MR) is 79.3 cm³/mol. The van der Waals surface area contributed by atoms with Gasteiger partial charge in [-0.25, -0.2) is 9.97 Å². The fourth-order valence-corrected chi connectivity index (χ4v) is 2.68. The first-order valence-corrected chi connectivity index (χ1v) is 7.03. The Kier molecular flexibility index (Phi) is 2.89. The number of aromatic nitrogens is 3. The van der Waals surface area contributed by atoms with Crippen molar-refractivity contribution in [3.8, 4) is 5.75 Å². The molecule has 0 amide bonds. The molecule has 6 nitrogen and oxygen atoms in total. The van der Waals surface area contributed by atoms with Gasteiger partial charge in [0.25, 0.3) is 0 Å². The number of anilines is 1. The quantitative estimate of drug-likeness (QED) is 0.795. The van der Waals surface area contributed by atoms with Crippen molar-refractivity contribution in [1.29, 1.82) is 0 Å². The molecule has 2 aromatic heterocycles. The van der Waals surface area contributed by atoms with Gasteiger partial charge in [0.15, 0.2) is 0 Å². The van der Waals surface area contributed by atoms with E-state index < -0.39 is 0 Å². The van der Waals surface area contributed by atoms with E-state index in [4.69, 9.17) is 15.2 Å². The third-order valence-corrected chi connectivity index (χ3v) is 3.86. The molecule has 3 aromatic rings. The van der Waals surface area contributed by atoms with Crippen LogP contribution in [-0.4, -0.2) is 34.2 Å². The Balaban J connectivity index is 1.67. The van der Waals surface area contributed by atoms with Crippen LogP contribution in [0, 0.1) is 5.92 Å². The molecule has 1 atom stereocenters. The van der Waals surface area contributed by atoms with E-state index >= 15 is 0 Å². The van der Waals surface area contributed by atoms with Crippen molar-refractivity contribution >= 4 is 22.4 Å². The summed E-state index contributed by atoms with van der Waals surface area (Å²) >= 11 is 0. The van der Waals surface area contributed by atoms with E-state index in [0.717, 1.165) is 41.9 Å². The Bertz CT molecular complexity index is 793. The molecule has 21 heavy (non-hydrogen) atoms. The molecule has 0 bridgehead atoms. The molecule has 1 aliphatic heterocycles. The van der Waals surface area contributed by atoms with Gasteiger partial charge in [0, 0.05) is 18.6 Å².